The second kappa shape index (κ2) is 7.28. The average molecular weight is 273 g/mol. The Morgan fingerprint density at radius 2 is 2.15 bits per heavy atom. The van der Waals surface area contributed by atoms with Gasteiger partial charge in [-0.2, -0.15) is 5.10 Å². The van der Waals surface area contributed by atoms with Crippen LogP contribution < -0.4 is 10.6 Å². The number of aryl methyl sites for hydroxylation is 1. The Morgan fingerprint density at radius 1 is 1.35 bits per heavy atom. The summed E-state index contributed by atoms with van der Waals surface area (Å²) in [4.78, 5) is 15.7. The van der Waals surface area contributed by atoms with Crippen LogP contribution in [-0.4, -0.2) is 27.3 Å². The molecule has 0 aliphatic heterocycles. The molecule has 0 aliphatic rings. The van der Waals surface area contributed by atoms with E-state index in [0.29, 0.717) is 6.54 Å². The third-order valence-corrected chi connectivity index (χ3v) is 2.96. The van der Waals surface area contributed by atoms with Crippen LogP contribution >= 0.6 is 0 Å². The zero-order valence-corrected chi connectivity index (χ0v) is 11.5. The van der Waals surface area contributed by atoms with Crippen molar-refractivity contribution in [2.45, 2.75) is 25.9 Å². The maximum absolute atomic E-state index is 11.7. The lowest BCUT2D eigenvalue weighted by molar-refractivity contribution is 0.237. The van der Waals surface area contributed by atoms with Crippen LogP contribution in [0.15, 0.2) is 43.0 Å². The highest BCUT2D eigenvalue weighted by Gasteiger charge is 2.08. The van der Waals surface area contributed by atoms with E-state index in [0.717, 1.165) is 18.5 Å². The number of urea groups is 1. The van der Waals surface area contributed by atoms with Crippen molar-refractivity contribution in [3.05, 3.63) is 48.5 Å². The van der Waals surface area contributed by atoms with Crippen molar-refractivity contribution in [2.75, 3.05) is 6.54 Å². The van der Waals surface area contributed by atoms with E-state index >= 15 is 0 Å². The van der Waals surface area contributed by atoms with Gasteiger partial charge in [0.15, 0.2) is 0 Å². The molecule has 1 unspecified atom stereocenters. The molecule has 2 heterocycles. The summed E-state index contributed by atoms with van der Waals surface area (Å²) in [5, 5.41) is 9.83. The molecule has 20 heavy (non-hydrogen) atoms. The zero-order chi connectivity index (χ0) is 14.2. The lowest BCUT2D eigenvalue weighted by Gasteiger charge is -2.14. The fourth-order valence-corrected chi connectivity index (χ4v) is 1.86. The lowest BCUT2D eigenvalue weighted by Crippen LogP contribution is -2.37. The largest absolute Gasteiger partial charge is 0.338 e. The maximum atomic E-state index is 11.7. The molecule has 0 aliphatic carbocycles. The highest BCUT2D eigenvalue weighted by atomic mass is 16.2. The molecule has 2 aromatic heterocycles. The van der Waals surface area contributed by atoms with Gasteiger partial charge in [0.1, 0.15) is 0 Å². The summed E-state index contributed by atoms with van der Waals surface area (Å²) in [6, 6.07) is 5.47. The fourth-order valence-electron chi connectivity index (χ4n) is 1.86. The monoisotopic (exact) mass is 273 g/mol. The van der Waals surface area contributed by atoms with Crippen molar-refractivity contribution in [3.8, 4) is 0 Å². The van der Waals surface area contributed by atoms with Gasteiger partial charge in [-0.1, -0.05) is 0 Å². The molecule has 2 N–H and O–H groups in total. The Hall–Kier alpha value is -2.37. The van der Waals surface area contributed by atoms with E-state index in [4.69, 9.17) is 0 Å². The Kier molecular flexibility index (Phi) is 5.11. The number of aromatic nitrogens is 3. The first kappa shape index (κ1) is 14.0. The van der Waals surface area contributed by atoms with E-state index in [1.165, 1.54) is 0 Å². The van der Waals surface area contributed by atoms with Gasteiger partial charge in [0.25, 0.3) is 0 Å². The number of rotatable bonds is 6. The lowest BCUT2D eigenvalue weighted by atomic mass is 10.1. The van der Waals surface area contributed by atoms with E-state index in [9.17, 15) is 4.79 Å². The quantitative estimate of drug-likeness (QED) is 0.787. The standard InChI is InChI=1S/C14H19N5O/c1-12(13-4-8-15-9-5-13)18-14(20)16-6-2-10-19-11-3-7-17-19/h3-5,7-9,11-12H,2,6,10H2,1H3,(H2,16,18,20). The summed E-state index contributed by atoms with van der Waals surface area (Å²) >= 11 is 0. The summed E-state index contributed by atoms with van der Waals surface area (Å²) < 4.78 is 1.85. The van der Waals surface area contributed by atoms with Gasteiger partial charge in [-0.15, -0.1) is 0 Å². The van der Waals surface area contributed by atoms with Gasteiger partial charge >= 0.3 is 6.03 Å². The van der Waals surface area contributed by atoms with Crippen molar-refractivity contribution in [3.63, 3.8) is 0 Å². The second-order valence-electron chi connectivity index (χ2n) is 4.53. The third kappa shape index (κ3) is 4.38. The van der Waals surface area contributed by atoms with Crippen molar-refractivity contribution in [1.29, 1.82) is 0 Å². The van der Waals surface area contributed by atoms with Gasteiger partial charge in [0.2, 0.25) is 0 Å². The van der Waals surface area contributed by atoms with Crippen molar-refractivity contribution >= 4 is 6.03 Å². The Morgan fingerprint density at radius 3 is 2.85 bits per heavy atom. The van der Waals surface area contributed by atoms with Crippen LogP contribution in [0.5, 0.6) is 0 Å². The molecule has 6 nitrogen and oxygen atoms in total. The third-order valence-electron chi connectivity index (χ3n) is 2.96. The van der Waals surface area contributed by atoms with Crippen LogP contribution in [0.3, 0.4) is 0 Å². The van der Waals surface area contributed by atoms with Crippen molar-refractivity contribution in [1.82, 2.24) is 25.4 Å². The molecule has 0 aromatic carbocycles. The SMILES string of the molecule is CC(NC(=O)NCCCn1cccn1)c1ccncc1. The highest BCUT2D eigenvalue weighted by molar-refractivity contribution is 5.74. The van der Waals surface area contributed by atoms with Gasteiger partial charge in [0.05, 0.1) is 6.04 Å². The Labute approximate surface area is 118 Å². The maximum Gasteiger partial charge on any atom is 0.315 e. The van der Waals surface area contributed by atoms with Gasteiger partial charge < -0.3 is 10.6 Å². The number of nitrogens with zero attached hydrogens (tertiary/aromatic N) is 3. The average Bonchev–Trinajstić information content (AvgIpc) is 2.98. The van der Waals surface area contributed by atoms with Crippen LogP contribution in [0, 0.1) is 0 Å². The molecular weight excluding hydrogens is 254 g/mol. The van der Waals surface area contributed by atoms with Gasteiger partial charge in [-0.3, -0.25) is 9.67 Å². The Bertz CT molecular complexity index is 512. The summed E-state index contributed by atoms with van der Waals surface area (Å²) in [5.74, 6) is 0. The summed E-state index contributed by atoms with van der Waals surface area (Å²) in [6.45, 7) is 3.36. The molecule has 2 aromatic rings. The predicted molar refractivity (Wildman–Crippen MR) is 76.0 cm³/mol. The number of carbonyl (C=O) groups excluding carboxylic acids is 1. The topological polar surface area (TPSA) is 71.8 Å². The van der Waals surface area contributed by atoms with Crippen molar-refractivity contribution in [2.24, 2.45) is 0 Å². The van der Waals surface area contributed by atoms with E-state index in [-0.39, 0.29) is 12.1 Å². The number of carbonyl (C=O) groups is 1. The Balaban J connectivity index is 1.65. The first-order chi connectivity index (χ1) is 9.75. The molecule has 0 radical (unpaired) electrons. The minimum absolute atomic E-state index is 0.0379. The normalized spacial score (nSPS) is 11.8. The first-order valence-electron chi connectivity index (χ1n) is 6.67. The van der Waals surface area contributed by atoms with Crippen molar-refractivity contribution < 1.29 is 4.79 Å². The molecule has 0 fully saturated rings. The minimum atomic E-state index is -0.158. The molecule has 0 bridgehead atoms. The number of amides is 2. The number of nitrogens with one attached hydrogen (secondary N) is 2. The van der Waals surface area contributed by atoms with E-state index < -0.39 is 0 Å². The van der Waals surface area contributed by atoms with Crippen LogP contribution in [0.1, 0.15) is 24.9 Å². The van der Waals surface area contributed by atoms with Gasteiger partial charge in [-0.05, 0) is 37.1 Å². The van der Waals surface area contributed by atoms with Gasteiger partial charge in [-0.25, -0.2) is 4.79 Å². The van der Waals surface area contributed by atoms with Crippen LogP contribution in [-0.2, 0) is 6.54 Å². The number of hydrogen-bond donors (Lipinski definition) is 2. The highest BCUT2D eigenvalue weighted by Crippen LogP contribution is 2.09. The molecule has 0 saturated heterocycles. The van der Waals surface area contributed by atoms with Gasteiger partial charge in [0, 0.05) is 37.9 Å². The molecule has 2 rings (SSSR count). The fraction of sp³-hybridized carbons (Fsp3) is 0.357. The summed E-state index contributed by atoms with van der Waals surface area (Å²) in [6.07, 6.45) is 7.94. The van der Waals surface area contributed by atoms with Crippen LogP contribution in [0.25, 0.3) is 0 Å². The van der Waals surface area contributed by atoms with Crippen LogP contribution in [0.2, 0.25) is 0 Å². The molecule has 0 saturated carbocycles. The summed E-state index contributed by atoms with van der Waals surface area (Å²) in [5.41, 5.74) is 1.03. The molecule has 106 valence electrons. The molecule has 6 heteroatoms. The first-order valence-corrected chi connectivity index (χ1v) is 6.67. The number of hydrogen-bond acceptors (Lipinski definition) is 3. The predicted octanol–water partition coefficient (Wildman–Crippen LogP) is 1.73. The van der Waals surface area contributed by atoms with E-state index in [2.05, 4.69) is 20.7 Å². The molecule has 0 spiro atoms. The zero-order valence-electron chi connectivity index (χ0n) is 11.5. The summed E-state index contributed by atoms with van der Waals surface area (Å²) in [7, 11) is 0. The van der Waals surface area contributed by atoms with E-state index in [1.807, 2.05) is 36.0 Å². The second-order valence-corrected chi connectivity index (χ2v) is 4.53. The van der Waals surface area contributed by atoms with E-state index in [1.54, 1.807) is 18.6 Å². The molecular formula is C14H19N5O. The smallest absolute Gasteiger partial charge is 0.315 e. The minimum Gasteiger partial charge on any atom is -0.338 e. The molecule has 1 atom stereocenters. The molecule has 2 amide bonds. The van der Waals surface area contributed by atoms with Crippen LogP contribution in [0.4, 0.5) is 4.79 Å². The number of pyridine rings is 1.